The second-order valence-corrected chi connectivity index (χ2v) is 5.33. The van der Waals surface area contributed by atoms with Crippen LogP contribution in [0.5, 0.6) is 0 Å². The van der Waals surface area contributed by atoms with Gasteiger partial charge in [-0.15, -0.1) is 11.3 Å². The molecule has 1 N–H and O–H groups in total. The third-order valence-electron chi connectivity index (χ3n) is 2.77. The van der Waals surface area contributed by atoms with Crippen LogP contribution < -0.4 is 0 Å². The van der Waals surface area contributed by atoms with Crippen LogP contribution in [0.2, 0.25) is 0 Å². The molecular formula is C13H13N3OS. The number of hydrogen-bond donors (Lipinski definition) is 1. The van der Waals surface area contributed by atoms with E-state index in [4.69, 9.17) is 5.11 Å². The van der Waals surface area contributed by atoms with Crippen LogP contribution in [0.25, 0.3) is 16.2 Å². The van der Waals surface area contributed by atoms with E-state index < -0.39 is 0 Å². The van der Waals surface area contributed by atoms with Gasteiger partial charge in [-0.2, -0.15) is 0 Å². The highest BCUT2D eigenvalue weighted by Crippen LogP contribution is 2.25. The van der Waals surface area contributed by atoms with Crippen LogP contribution in [0.15, 0.2) is 30.5 Å². The highest BCUT2D eigenvalue weighted by Gasteiger charge is 2.13. The minimum absolute atomic E-state index is 0.0910. The average molecular weight is 259 g/mol. The van der Waals surface area contributed by atoms with Gasteiger partial charge in [-0.25, -0.2) is 9.97 Å². The van der Waals surface area contributed by atoms with Crippen molar-refractivity contribution >= 4 is 22.5 Å². The zero-order valence-electron chi connectivity index (χ0n) is 10.00. The standard InChI is InChI=1S/C13H13N3OS/c1-9-4-5-12(18-9)16-11(6-8-17)15-10-3-2-7-14-13(10)16/h2-5,7,17H,6,8H2,1H3. The van der Waals surface area contributed by atoms with Gasteiger partial charge in [0.05, 0.1) is 6.61 Å². The fraction of sp³-hybridized carbons (Fsp3) is 0.231. The maximum absolute atomic E-state index is 9.15. The lowest BCUT2D eigenvalue weighted by molar-refractivity contribution is 0.296. The van der Waals surface area contributed by atoms with Gasteiger partial charge in [0.25, 0.3) is 0 Å². The molecule has 0 fully saturated rings. The van der Waals surface area contributed by atoms with Crippen molar-refractivity contribution in [3.63, 3.8) is 0 Å². The number of aliphatic hydroxyl groups is 1. The Balaban J connectivity index is 2.27. The van der Waals surface area contributed by atoms with Crippen LogP contribution in [-0.2, 0) is 6.42 Å². The topological polar surface area (TPSA) is 50.9 Å². The summed E-state index contributed by atoms with van der Waals surface area (Å²) in [6.45, 7) is 2.17. The molecule has 18 heavy (non-hydrogen) atoms. The summed E-state index contributed by atoms with van der Waals surface area (Å²) in [4.78, 5) is 10.2. The molecule has 0 saturated carbocycles. The molecule has 3 aromatic heterocycles. The molecule has 3 heterocycles. The Bertz CT molecular complexity index is 686. The molecule has 0 aliphatic rings. The van der Waals surface area contributed by atoms with Crippen molar-refractivity contribution < 1.29 is 5.11 Å². The number of aryl methyl sites for hydroxylation is 1. The van der Waals surface area contributed by atoms with Crippen LogP contribution in [0.3, 0.4) is 0 Å². The molecular weight excluding hydrogens is 246 g/mol. The summed E-state index contributed by atoms with van der Waals surface area (Å²) >= 11 is 1.70. The minimum atomic E-state index is 0.0910. The monoisotopic (exact) mass is 259 g/mol. The van der Waals surface area contributed by atoms with E-state index in [1.165, 1.54) is 4.88 Å². The predicted molar refractivity (Wildman–Crippen MR) is 72.3 cm³/mol. The Morgan fingerprint density at radius 1 is 1.33 bits per heavy atom. The second-order valence-electron chi connectivity index (χ2n) is 4.07. The Morgan fingerprint density at radius 2 is 2.22 bits per heavy atom. The maximum atomic E-state index is 9.15. The van der Waals surface area contributed by atoms with Crippen molar-refractivity contribution in [1.29, 1.82) is 0 Å². The number of fused-ring (bicyclic) bond motifs is 1. The molecule has 4 nitrogen and oxygen atoms in total. The highest BCUT2D eigenvalue weighted by molar-refractivity contribution is 7.14. The minimum Gasteiger partial charge on any atom is -0.396 e. The van der Waals surface area contributed by atoms with Crippen LogP contribution in [0.4, 0.5) is 0 Å². The van der Waals surface area contributed by atoms with E-state index in [-0.39, 0.29) is 6.61 Å². The number of pyridine rings is 1. The molecule has 0 atom stereocenters. The molecule has 0 aliphatic carbocycles. The van der Waals surface area contributed by atoms with Crippen molar-refractivity contribution in [1.82, 2.24) is 14.5 Å². The summed E-state index contributed by atoms with van der Waals surface area (Å²) < 4.78 is 2.03. The van der Waals surface area contributed by atoms with E-state index in [9.17, 15) is 0 Å². The van der Waals surface area contributed by atoms with E-state index in [1.54, 1.807) is 17.5 Å². The third-order valence-corrected chi connectivity index (χ3v) is 3.75. The van der Waals surface area contributed by atoms with E-state index >= 15 is 0 Å². The number of aromatic nitrogens is 3. The SMILES string of the molecule is Cc1ccc(-n2c(CCO)nc3cccnc32)s1. The first-order valence-corrected chi connectivity index (χ1v) is 6.61. The summed E-state index contributed by atoms with van der Waals surface area (Å²) in [5.41, 5.74) is 1.72. The Morgan fingerprint density at radius 3 is 2.94 bits per heavy atom. The van der Waals surface area contributed by atoms with Gasteiger partial charge >= 0.3 is 0 Å². The highest BCUT2D eigenvalue weighted by atomic mass is 32.1. The Hall–Kier alpha value is -1.72. The van der Waals surface area contributed by atoms with Crippen molar-refractivity contribution in [2.24, 2.45) is 0 Å². The Labute approximate surface area is 109 Å². The zero-order valence-corrected chi connectivity index (χ0v) is 10.8. The van der Waals surface area contributed by atoms with Crippen LogP contribution >= 0.6 is 11.3 Å². The van der Waals surface area contributed by atoms with Gasteiger partial charge in [-0.05, 0) is 31.2 Å². The number of nitrogens with zero attached hydrogens (tertiary/aromatic N) is 3. The van der Waals surface area contributed by atoms with Gasteiger partial charge in [0.15, 0.2) is 5.65 Å². The molecule has 0 amide bonds. The van der Waals surface area contributed by atoms with E-state index in [2.05, 4.69) is 29.0 Å². The van der Waals surface area contributed by atoms with Crippen molar-refractivity contribution in [2.45, 2.75) is 13.3 Å². The first kappa shape index (κ1) is 11.4. The first-order valence-electron chi connectivity index (χ1n) is 5.79. The van der Waals surface area contributed by atoms with Crippen LogP contribution in [0, 0.1) is 6.92 Å². The molecule has 5 heteroatoms. The van der Waals surface area contributed by atoms with Crippen LogP contribution in [-0.4, -0.2) is 26.2 Å². The van der Waals surface area contributed by atoms with Gasteiger partial charge in [0.2, 0.25) is 0 Å². The fourth-order valence-electron chi connectivity index (χ4n) is 2.00. The lowest BCUT2D eigenvalue weighted by atomic mass is 10.4. The smallest absolute Gasteiger partial charge is 0.165 e. The van der Waals surface area contributed by atoms with Crippen molar-refractivity contribution in [2.75, 3.05) is 6.61 Å². The van der Waals surface area contributed by atoms with Crippen LogP contribution in [0.1, 0.15) is 10.7 Å². The van der Waals surface area contributed by atoms with Crippen molar-refractivity contribution in [3.05, 3.63) is 41.2 Å². The second kappa shape index (κ2) is 4.51. The van der Waals surface area contributed by atoms with Gasteiger partial charge < -0.3 is 5.11 Å². The van der Waals surface area contributed by atoms with Crippen molar-refractivity contribution in [3.8, 4) is 5.00 Å². The van der Waals surface area contributed by atoms with E-state index in [0.717, 1.165) is 22.0 Å². The summed E-state index contributed by atoms with van der Waals surface area (Å²) in [6.07, 6.45) is 2.30. The zero-order chi connectivity index (χ0) is 12.5. The first-order chi connectivity index (χ1) is 8.79. The number of rotatable bonds is 3. The third kappa shape index (κ3) is 1.81. The lowest BCUT2D eigenvalue weighted by Crippen LogP contribution is -2.02. The van der Waals surface area contributed by atoms with Gasteiger partial charge in [0, 0.05) is 17.5 Å². The molecule has 0 spiro atoms. The molecule has 0 unspecified atom stereocenters. The molecule has 0 saturated heterocycles. The summed E-state index contributed by atoms with van der Waals surface area (Å²) in [7, 11) is 0. The van der Waals surface area contributed by atoms with E-state index in [1.807, 2.05) is 16.7 Å². The molecule has 0 bridgehead atoms. The predicted octanol–water partition coefficient (Wildman–Crippen LogP) is 2.33. The molecule has 0 aliphatic heterocycles. The lowest BCUT2D eigenvalue weighted by Gasteiger charge is -2.04. The quantitative estimate of drug-likeness (QED) is 0.785. The number of hydrogen-bond acceptors (Lipinski definition) is 4. The van der Waals surface area contributed by atoms with Gasteiger partial charge in [-0.3, -0.25) is 4.57 Å². The fourth-order valence-corrected chi connectivity index (χ4v) is 2.89. The Kier molecular flexibility index (Phi) is 2.85. The number of aliphatic hydroxyl groups excluding tert-OH is 1. The largest absolute Gasteiger partial charge is 0.396 e. The molecule has 3 rings (SSSR count). The van der Waals surface area contributed by atoms with E-state index in [0.29, 0.717) is 6.42 Å². The maximum Gasteiger partial charge on any atom is 0.165 e. The normalized spacial score (nSPS) is 11.2. The van der Waals surface area contributed by atoms with Gasteiger partial charge in [-0.1, -0.05) is 0 Å². The van der Waals surface area contributed by atoms with Gasteiger partial charge in [0.1, 0.15) is 16.3 Å². The molecule has 3 aromatic rings. The molecule has 0 radical (unpaired) electrons. The molecule has 92 valence electrons. The number of imidazole rings is 1. The molecule has 0 aromatic carbocycles. The average Bonchev–Trinajstić information content (AvgIpc) is 2.92. The summed E-state index contributed by atoms with van der Waals surface area (Å²) in [5.74, 6) is 0.855. The number of thiophene rings is 1. The summed E-state index contributed by atoms with van der Waals surface area (Å²) in [5, 5.41) is 10.2. The summed E-state index contributed by atoms with van der Waals surface area (Å²) in [6, 6.07) is 7.97.